The van der Waals surface area contributed by atoms with Gasteiger partial charge >= 0.3 is 0 Å². The van der Waals surface area contributed by atoms with Crippen LogP contribution in [0.25, 0.3) is 10.8 Å². The van der Waals surface area contributed by atoms with Gasteiger partial charge in [0, 0.05) is 19.1 Å². The first-order valence-electron chi connectivity index (χ1n) is 11.1. The van der Waals surface area contributed by atoms with Crippen LogP contribution in [0.1, 0.15) is 44.1 Å². The van der Waals surface area contributed by atoms with Gasteiger partial charge < -0.3 is 20.2 Å². The van der Waals surface area contributed by atoms with Crippen LogP contribution < -0.4 is 16.4 Å². The van der Waals surface area contributed by atoms with Crippen LogP contribution in [-0.4, -0.2) is 44.3 Å². The average molecular weight is 400 g/mol. The zero-order valence-corrected chi connectivity index (χ0v) is 17.8. The lowest BCUT2D eigenvalue weighted by atomic mass is 9.89. The zero-order chi connectivity index (χ0) is 20.5. The van der Waals surface area contributed by atoms with Crippen molar-refractivity contribution < 1.29 is 9.57 Å². The normalized spacial score (nSPS) is 20.4. The number of nitrogens with two attached hydrogens (primary N) is 2. The van der Waals surface area contributed by atoms with Gasteiger partial charge in [0.1, 0.15) is 5.75 Å². The Labute approximate surface area is 175 Å². The van der Waals surface area contributed by atoms with E-state index in [0.29, 0.717) is 13.2 Å². The highest BCUT2D eigenvalue weighted by Gasteiger charge is 2.27. The number of fused-ring (bicyclic) bond motifs is 1. The molecule has 1 saturated heterocycles. The number of nitrogens with zero attached hydrogens (tertiary/aromatic N) is 1. The fourth-order valence-corrected chi connectivity index (χ4v) is 4.79. The monoisotopic (exact) mass is 399 g/mol. The molecule has 0 bridgehead atoms. The topological polar surface area (TPSA) is 73.7 Å². The molecule has 5 heteroatoms. The summed E-state index contributed by atoms with van der Waals surface area (Å²) in [5, 5.41) is 2.60. The summed E-state index contributed by atoms with van der Waals surface area (Å²) >= 11 is 0. The average Bonchev–Trinajstić information content (AvgIpc) is 3.30. The van der Waals surface area contributed by atoms with Gasteiger partial charge in [-0.05, 0) is 73.0 Å². The first-order chi connectivity index (χ1) is 14.2. The van der Waals surface area contributed by atoms with E-state index in [2.05, 4.69) is 52.0 Å². The molecule has 0 spiro atoms. The molecular weight excluding hydrogens is 362 g/mol. The standard InChI is InChI=1S/C22H29NO.C2H8N2O/c1-24-22-11-10-19-14-17(8-9-20(19)15-22)13-18-5-4-12-23(16-18)21-6-2-3-7-21;3-1-2-5-4/h8-11,14-15,18,21H,2-7,12-13,16H2,1H3;1-4H2. The molecule has 1 unspecified atom stereocenters. The summed E-state index contributed by atoms with van der Waals surface area (Å²) in [7, 11) is 1.73. The van der Waals surface area contributed by atoms with E-state index in [9.17, 15) is 0 Å². The first-order valence-corrected chi connectivity index (χ1v) is 11.1. The van der Waals surface area contributed by atoms with Crippen molar-refractivity contribution in [3.63, 3.8) is 0 Å². The number of hydrogen-bond acceptors (Lipinski definition) is 5. The SMILES string of the molecule is COc1ccc2cc(CC3CCCN(C4CCCC4)C3)ccc2c1.NCCON. The fraction of sp³-hybridized carbons (Fsp3) is 0.583. The maximum atomic E-state index is 5.33. The Morgan fingerprint density at radius 2 is 1.76 bits per heavy atom. The van der Waals surface area contributed by atoms with Gasteiger partial charge in [0.15, 0.2) is 0 Å². The summed E-state index contributed by atoms with van der Waals surface area (Å²) in [6.07, 6.45) is 9.76. The summed E-state index contributed by atoms with van der Waals surface area (Å²) in [6.45, 7) is 3.58. The number of rotatable bonds is 6. The molecule has 2 aliphatic rings. The molecule has 2 aromatic rings. The molecule has 1 aliphatic carbocycles. The third-order valence-electron chi connectivity index (χ3n) is 6.26. The Bertz CT molecular complexity index is 744. The summed E-state index contributed by atoms with van der Waals surface area (Å²) in [5.41, 5.74) is 6.43. The van der Waals surface area contributed by atoms with Crippen molar-refractivity contribution in [2.45, 2.75) is 51.0 Å². The van der Waals surface area contributed by atoms with Gasteiger partial charge in [-0.2, -0.15) is 0 Å². The van der Waals surface area contributed by atoms with Gasteiger partial charge in [0.25, 0.3) is 0 Å². The van der Waals surface area contributed by atoms with Crippen molar-refractivity contribution in [1.82, 2.24) is 4.90 Å². The third-order valence-corrected chi connectivity index (χ3v) is 6.26. The minimum atomic E-state index is 0.444. The smallest absolute Gasteiger partial charge is 0.119 e. The Morgan fingerprint density at radius 3 is 2.45 bits per heavy atom. The van der Waals surface area contributed by atoms with Gasteiger partial charge in [-0.1, -0.05) is 37.1 Å². The van der Waals surface area contributed by atoms with Crippen molar-refractivity contribution in [3.05, 3.63) is 42.0 Å². The summed E-state index contributed by atoms with van der Waals surface area (Å²) in [6, 6.07) is 14.2. The van der Waals surface area contributed by atoms with Crippen molar-refractivity contribution in [2.24, 2.45) is 17.5 Å². The number of ether oxygens (including phenoxy) is 1. The Hall–Kier alpha value is -1.66. The van der Waals surface area contributed by atoms with Gasteiger partial charge in [0.05, 0.1) is 13.7 Å². The van der Waals surface area contributed by atoms with E-state index in [0.717, 1.165) is 17.7 Å². The van der Waals surface area contributed by atoms with E-state index < -0.39 is 0 Å². The highest BCUT2D eigenvalue weighted by molar-refractivity contribution is 5.84. The van der Waals surface area contributed by atoms with Crippen molar-refractivity contribution in [2.75, 3.05) is 33.4 Å². The van der Waals surface area contributed by atoms with Crippen LogP contribution in [0.2, 0.25) is 0 Å². The molecule has 160 valence electrons. The molecule has 0 amide bonds. The lowest BCUT2D eigenvalue weighted by Crippen LogP contribution is -2.42. The number of likely N-dealkylation sites (tertiary alicyclic amines) is 1. The van der Waals surface area contributed by atoms with Gasteiger partial charge in [0.2, 0.25) is 0 Å². The summed E-state index contributed by atoms with van der Waals surface area (Å²) in [5.74, 6) is 6.33. The molecule has 0 aromatic heterocycles. The van der Waals surface area contributed by atoms with Gasteiger partial charge in [-0.25, -0.2) is 5.90 Å². The van der Waals surface area contributed by atoms with E-state index in [-0.39, 0.29) is 0 Å². The molecular formula is C24H37N3O2. The first kappa shape index (κ1) is 22.0. The molecule has 1 atom stereocenters. The van der Waals surface area contributed by atoms with Crippen molar-refractivity contribution in [1.29, 1.82) is 0 Å². The van der Waals surface area contributed by atoms with E-state index in [1.807, 2.05) is 0 Å². The maximum absolute atomic E-state index is 5.33. The molecule has 4 N–H and O–H groups in total. The molecule has 1 saturated carbocycles. The Morgan fingerprint density at radius 1 is 1.00 bits per heavy atom. The predicted molar refractivity (Wildman–Crippen MR) is 120 cm³/mol. The predicted octanol–water partition coefficient (Wildman–Crippen LogP) is 3.88. The highest BCUT2D eigenvalue weighted by atomic mass is 16.6. The quantitative estimate of drug-likeness (QED) is 0.721. The molecule has 2 aromatic carbocycles. The lowest BCUT2D eigenvalue weighted by molar-refractivity contribution is 0.125. The van der Waals surface area contributed by atoms with Crippen LogP contribution in [0.3, 0.4) is 0 Å². The number of methoxy groups -OCH3 is 1. The molecule has 5 nitrogen and oxygen atoms in total. The third kappa shape index (κ3) is 6.41. The van der Waals surface area contributed by atoms with E-state index in [1.165, 1.54) is 74.4 Å². The molecule has 0 radical (unpaired) electrons. The Kier molecular flexibility index (Phi) is 8.74. The largest absolute Gasteiger partial charge is 0.497 e. The van der Waals surface area contributed by atoms with Crippen molar-refractivity contribution >= 4 is 10.8 Å². The van der Waals surface area contributed by atoms with E-state index >= 15 is 0 Å². The number of piperidine rings is 1. The van der Waals surface area contributed by atoms with E-state index in [4.69, 9.17) is 10.5 Å². The molecule has 29 heavy (non-hydrogen) atoms. The lowest BCUT2D eigenvalue weighted by Gasteiger charge is -2.37. The molecule has 4 rings (SSSR count). The minimum Gasteiger partial charge on any atom is -0.497 e. The molecule has 1 aliphatic heterocycles. The second-order valence-electron chi connectivity index (χ2n) is 8.35. The van der Waals surface area contributed by atoms with E-state index in [1.54, 1.807) is 7.11 Å². The number of benzene rings is 2. The second-order valence-corrected chi connectivity index (χ2v) is 8.35. The fourth-order valence-electron chi connectivity index (χ4n) is 4.79. The summed E-state index contributed by atoms with van der Waals surface area (Å²) < 4.78 is 5.33. The maximum Gasteiger partial charge on any atom is 0.119 e. The van der Waals surface area contributed by atoms with Crippen LogP contribution in [0.5, 0.6) is 5.75 Å². The van der Waals surface area contributed by atoms with Crippen LogP contribution >= 0.6 is 0 Å². The minimum absolute atomic E-state index is 0.444. The van der Waals surface area contributed by atoms with Crippen LogP contribution in [0.15, 0.2) is 36.4 Å². The zero-order valence-electron chi connectivity index (χ0n) is 17.8. The Balaban J connectivity index is 0.000000431. The number of hydrogen-bond donors (Lipinski definition) is 2. The summed E-state index contributed by atoms with van der Waals surface area (Å²) in [4.78, 5) is 6.86. The molecule has 1 heterocycles. The van der Waals surface area contributed by atoms with Crippen LogP contribution in [-0.2, 0) is 11.3 Å². The van der Waals surface area contributed by atoms with Crippen LogP contribution in [0, 0.1) is 5.92 Å². The van der Waals surface area contributed by atoms with Gasteiger partial charge in [-0.15, -0.1) is 0 Å². The van der Waals surface area contributed by atoms with Crippen LogP contribution in [0.4, 0.5) is 0 Å². The second kappa shape index (κ2) is 11.5. The highest BCUT2D eigenvalue weighted by Crippen LogP contribution is 2.30. The van der Waals surface area contributed by atoms with Gasteiger partial charge in [-0.3, -0.25) is 0 Å². The van der Waals surface area contributed by atoms with Crippen molar-refractivity contribution in [3.8, 4) is 5.75 Å². The molecule has 2 fully saturated rings.